The summed E-state index contributed by atoms with van der Waals surface area (Å²) in [6.07, 6.45) is 0.0139. The lowest BCUT2D eigenvalue weighted by atomic mass is 10.1. The van der Waals surface area contributed by atoms with E-state index < -0.39 is 10.8 Å². The topological polar surface area (TPSA) is 99.4 Å². The van der Waals surface area contributed by atoms with Crippen LogP contribution in [0.5, 0.6) is 0 Å². The number of amides is 1. The normalized spacial score (nSPS) is 10.6. The number of non-ortho nitro benzene ring substituents is 1. The van der Waals surface area contributed by atoms with Gasteiger partial charge in [0, 0.05) is 17.0 Å². The summed E-state index contributed by atoms with van der Waals surface area (Å²) in [5.74, 6) is -0.0181. The number of benzene rings is 1. The van der Waals surface area contributed by atoms with Gasteiger partial charge in [-0.25, -0.2) is 0 Å². The van der Waals surface area contributed by atoms with E-state index in [1.54, 1.807) is 19.1 Å². The fourth-order valence-corrected chi connectivity index (χ4v) is 1.81. The van der Waals surface area contributed by atoms with E-state index in [1.165, 1.54) is 6.07 Å². The van der Waals surface area contributed by atoms with Gasteiger partial charge in [0.05, 0.1) is 11.3 Å². The van der Waals surface area contributed by atoms with Crippen molar-refractivity contribution in [1.29, 1.82) is 0 Å². The van der Waals surface area contributed by atoms with Gasteiger partial charge in [0.25, 0.3) is 0 Å². The van der Waals surface area contributed by atoms with E-state index in [1.807, 2.05) is 0 Å². The molecule has 0 atom stereocenters. The first-order valence-electron chi connectivity index (χ1n) is 4.94. The number of furan rings is 1. The van der Waals surface area contributed by atoms with Crippen molar-refractivity contribution < 1.29 is 14.1 Å². The van der Waals surface area contributed by atoms with Crippen molar-refractivity contribution in [1.82, 2.24) is 0 Å². The van der Waals surface area contributed by atoms with Crippen molar-refractivity contribution in [3.63, 3.8) is 0 Å². The number of nitro benzene ring substituents is 1. The average Bonchev–Trinajstić information content (AvgIpc) is 2.54. The van der Waals surface area contributed by atoms with Gasteiger partial charge >= 0.3 is 5.69 Å². The zero-order valence-electron chi connectivity index (χ0n) is 9.10. The number of nitro groups is 1. The predicted molar refractivity (Wildman–Crippen MR) is 60.5 cm³/mol. The lowest BCUT2D eigenvalue weighted by Gasteiger charge is -1.95. The first kappa shape index (κ1) is 11.1. The van der Waals surface area contributed by atoms with Crippen LogP contribution in [0.25, 0.3) is 11.0 Å². The van der Waals surface area contributed by atoms with Crippen LogP contribution < -0.4 is 5.73 Å². The molecule has 0 fully saturated rings. The summed E-state index contributed by atoms with van der Waals surface area (Å²) in [5.41, 5.74) is 5.81. The second kappa shape index (κ2) is 3.89. The summed E-state index contributed by atoms with van der Waals surface area (Å²) in [4.78, 5) is 21.2. The van der Waals surface area contributed by atoms with Gasteiger partial charge in [0.2, 0.25) is 11.5 Å². The van der Waals surface area contributed by atoms with Gasteiger partial charge in [0.15, 0.2) is 0 Å². The van der Waals surface area contributed by atoms with Crippen molar-refractivity contribution in [2.45, 2.75) is 13.3 Å². The molecule has 2 N–H and O–H groups in total. The monoisotopic (exact) mass is 234 g/mol. The summed E-state index contributed by atoms with van der Waals surface area (Å²) in [6.45, 7) is 1.65. The Morgan fingerprint density at radius 3 is 2.82 bits per heavy atom. The molecule has 1 heterocycles. The van der Waals surface area contributed by atoms with E-state index in [0.717, 1.165) is 0 Å². The van der Waals surface area contributed by atoms with E-state index in [4.69, 9.17) is 10.2 Å². The molecule has 6 nitrogen and oxygen atoms in total. The lowest BCUT2D eigenvalue weighted by Crippen LogP contribution is -2.13. The summed E-state index contributed by atoms with van der Waals surface area (Å²) in [5, 5.41) is 11.4. The van der Waals surface area contributed by atoms with Crippen LogP contribution in [0.3, 0.4) is 0 Å². The molecule has 2 rings (SSSR count). The predicted octanol–water partition coefficient (Wildman–Crippen LogP) is 1.68. The molecular weight excluding hydrogens is 224 g/mol. The third kappa shape index (κ3) is 1.84. The summed E-state index contributed by atoms with van der Waals surface area (Å²) >= 11 is 0. The Morgan fingerprint density at radius 1 is 1.53 bits per heavy atom. The number of hydrogen-bond acceptors (Lipinski definition) is 4. The number of nitrogens with zero attached hydrogens (tertiary/aromatic N) is 1. The minimum Gasteiger partial charge on any atom is -0.454 e. The highest BCUT2D eigenvalue weighted by Crippen LogP contribution is 2.32. The SMILES string of the molecule is Cc1oc2c([N+](=O)[O-])cccc2c1CC(N)=O. The Balaban J connectivity index is 2.71. The van der Waals surface area contributed by atoms with Crippen LogP contribution in [-0.4, -0.2) is 10.8 Å². The Hall–Kier alpha value is -2.37. The number of para-hydroxylation sites is 1. The van der Waals surface area contributed by atoms with Crippen LogP contribution in [0.2, 0.25) is 0 Å². The second-order valence-corrected chi connectivity index (χ2v) is 3.69. The maximum atomic E-state index is 10.9. The van der Waals surface area contributed by atoms with Gasteiger partial charge in [-0.05, 0) is 6.92 Å². The largest absolute Gasteiger partial charge is 0.454 e. The summed E-state index contributed by atoms with van der Waals surface area (Å²) in [6, 6.07) is 4.59. The third-order valence-electron chi connectivity index (χ3n) is 2.55. The molecule has 0 spiro atoms. The van der Waals surface area contributed by atoms with Crippen molar-refractivity contribution in [2.24, 2.45) is 5.73 Å². The molecule has 88 valence electrons. The Morgan fingerprint density at radius 2 is 2.24 bits per heavy atom. The van der Waals surface area contributed by atoms with Crippen LogP contribution in [0.4, 0.5) is 5.69 Å². The van der Waals surface area contributed by atoms with Crippen LogP contribution in [0.1, 0.15) is 11.3 Å². The highest BCUT2D eigenvalue weighted by molar-refractivity contribution is 5.92. The van der Waals surface area contributed by atoms with Gasteiger partial charge in [-0.15, -0.1) is 0 Å². The second-order valence-electron chi connectivity index (χ2n) is 3.69. The number of nitrogens with two attached hydrogens (primary N) is 1. The quantitative estimate of drug-likeness (QED) is 0.644. The Bertz CT molecular complexity index is 615. The molecule has 17 heavy (non-hydrogen) atoms. The van der Waals surface area contributed by atoms with E-state index in [0.29, 0.717) is 16.7 Å². The molecule has 1 amide bonds. The van der Waals surface area contributed by atoms with Gasteiger partial charge in [0.1, 0.15) is 5.76 Å². The number of carbonyl (C=O) groups excluding carboxylic acids is 1. The van der Waals surface area contributed by atoms with Gasteiger partial charge in [-0.2, -0.15) is 0 Å². The van der Waals surface area contributed by atoms with E-state index in [-0.39, 0.29) is 17.7 Å². The van der Waals surface area contributed by atoms with Gasteiger partial charge in [-0.3, -0.25) is 14.9 Å². The Kier molecular flexibility index (Phi) is 2.55. The molecule has 0 radical (unpaired) electrons. The van der Waals surface area contributed by atoms with E-state index in [2.05, 4.69) is 0 Å². The van der Waals surface area contributed by atoms with Crippen molar-refractivity contribution in [3.05, 3.63) is 39.6 Å². The van der Waals surface area contributed by atoms with E-state index in [9.17, 15) is 14.9 Å². The number of carbonyl (C=O) groups is 1. The molecule has 0 saturated heterocycles. The van der Waals surface area contributed by atoms with E-state index >= 15 is 0 Å². The van der Waals surface area contributed by atoms with Gasteiger partial charge < -0.3 is 10.2 Å². The first-order chi connectivity index (χ1) is 8.00. The molecule has 0 aliphatic carbocycles. The minimum absolute atomic E-state index is 0.0139. The number of primary amides is 1. The highest BCUT2D eigenvalue weighted by atomic mass is 16.6. The molecule has 0 unspecified atom stereocenters. The average molecular weight is 234 g/mol. The molecule has 6 heteroatoms. The molecule has 0 aliphatic heterocycles. The molecule has 1 aromatic carbocycles. The van der Waals surface area contributed by atoms with Crippen molar-refractivity contribution in [2.75, 3.05) is 0 Å². The molecule has 1 aromatic heterocycles. The van der Waals surface area contributed by atoms with Crippen LogP contribution in [0, 0.1) is 17.0 Å². The van der Waals surface area contributed by atoms with Crippen LogP contribution in [0.15, 0.2) is 22.6 Å². The molecule has 0 saturated carbocycles. The zero-order chi connectivity index (χ0) is 12.6. The standard InChI is InChI=1S/C11H10N2O4/c1-6-8(5-10(12)14)7-3-2-4-9(13(15)16)11(7)17-6/h2-4H,5H2,1H3,(H2,12,14). The molecular formula is C11H10N2O4. The van der Waals surface area contributed by atoms with Crippen molar-refractivity contribution in [3.8, 4) is 0 Å². The summed E-state index contributed by atoms with van der Waals surface area (Å²) < 4.78 is 5.34. The fraction of sp³-hybridized carbons (Fsp3) is 0.182. The smallest absolute Gasteiger partial charge is 0.312 e. The first-order valence-corrected chi connectivity index (χ1v) is 4.94. The van der Waals surface area contributed by atoms with Crippen LogP contribution >= 0.6 is 0 Å². The zero-order valence-corrected chi connectivity index (χ0v) is 9.10. The molecule has 2 aromatic rings. The maximum absolute atomic E-state index is 10.9. The van der Waals surface area contributed by atoms with Crippen LogP contribution in [-0.2, 0) is 11.2 Å². The number of hydrogen-bond donors (Lipinski definition) is 1. The highest BCUT2D eigenvalue weighted by Gasteiger charge is 2.20. The third-order valence-corrected chi connectivity index (χ3v) is 2.55. The number of rotatable bonds is 3. The number of fused-ring (bicyclic) bond motifs is 1. The lowest BCUT2D eigenvalue weighted by molar-refractivity contribution is -0.383. The fourth-order valence-electron chi connectivity index (χ4n) is 1.81. The molecule has 0 aliphatic rings. The number of aryl methyl sites for hydroxylation is 1. The summed E-state index contributed by atoms with van der Waals surface area (Å²) in [7, 11) is 0. The maximum Gasteiger partial charge on any atom is 0.312 e. The molecule has 0 bridgehead atoms. The van der Waals surface area contributed by atoms with Crippen molar-refractivity contribution >= 4 is 22.6 Å². The van der Waals surface area contributed by atoms with Gasteiger partial charge in [-0.1, -0.05) is 12.1 Å². The Labute approximate surface area is 96.2 Å². The minimum atomic E-state index is -0.515.